The van der Waals surface area contributed by atoms with Gasteiger partial charge in [-0.1, -0.05) is 17.7 Å². The maximum atomic E-state index is 13.6. The zero-order valence-corrected chi connectivity index (χ0v) is 10.7. The minimum atomic E-state index is -0.923. The van der Waals surface area contributed by atoms with Gasteiger partial charge in [0.15, 0.2) is 5.76 Å². The number of ketones is 1. The van der Waals surface area contributed by atoms with E-state index in [9.17, 15) is 13.6 Å². The smallest absolute Gasteiger partial charge is 0.234 e. The Morgan fingerprint density at radius 2 is 1.75 bits per heavy atom. The molecule has 0 radical (unpaired) electrons. The van der Waals surface area contributed by atoms with Crippen LogP contribution < -0.4 is 0 Å². The van der Waals surface area contributed by atoms with Gasteiger partial charge in [0.25, 0.3) is 0 Å². The first-order valence-electron chi connectivity index (χ1n) is 5.74. The molecule has 0 amide bonds. The number of hydrogen-bond acceptors (Lipinski definition) is 2. The lowest BCUT2D eigenvalue weighted by molar-refractivity contribution is 0.100. The second kappa shape index (κ2) is 4.72. The van der Waals surface area contributed by atoms with Crippen LogP contribution in [-0.2, 0) is 0 Å². The molecule has 0 saturated carbocycles. The van der Waals surface area contributed by atoms with E-state index in [-0.39, 0.29) is 5.76 Å². The lowest BCUT2D eigenvalue weighted by atomic mass is 10.1. The van der Waals surface area contributed by atoms with Gasteiger partial charge in [-0.2, -0.15) is 0 Å². The van der Waals surface area contributed by atoms with E-state index in [4.69, 9.17) is 16.0 Å². The van der Waals surface area contributed by atoms with Gasteiger partial charge in [0, 0.05) is 10.4 Å². The van der Waals surface area contributed by atoms with E-state index >= 15 is 0 Å². The third-order valence-electron chi connectivity index (χ3n) is 2.89. The fourth-order valence-corrected chi connectivity index (χ4v) is 2.14. The minimum Gasteiger partial charge on any atom is -0.453 e. The standard InChI is InChI=1S/C15H7ClF2O2/c16-9-4-5-12-8(6-9)7-13(20-12)15(19)14-10(17)2-1-3-11(14)18/h1-7H. The van der Waals surface area contributed by atoms with E-state index < -0.39 is 23.0 Å². The summed E-state index contributed by atoms with van der Waals surface area (Å²) < 4.78 is 32.5. The summed E-state index contributed by atoms with van der Waals surface area (Å²) in [5.74, 6) is -2.82. The van der Waals surface area contributed by atoms with Gasteiger partial charge in [-0.15, -0.1) is 0 Å². The summed E-state index contributed by atoms with van der Waals surface area (Å²) in [4.78, 5) is 12.1. The zero-order chi connectivity index (χ0) is 14.3. The van der Waals surface area contributed by atoms with Crippen molar-refractivity contribution in [1.82, 2.24) is 0 Å². The van der Waals surface area contributed by atoms with Crippen molar-refractivity contribution in [2.75, 3.05) is 0 Å². The van der Waals surface area contributed by atoms with E-state index in [2.05, 4.69) is 0 Å². The lowest BCUT2D eigenvalue weighted by Gasteiger charge is -2.00. The largest absolute Gasteiger partial charge is 0.453 e. The van der Waals surface area contributed by atoms with Crippen LogP contribution in [0.5, 0.6) is 0 Å². The van der Waals surface area contributed by atoms with Crippen LogP contribution in [0.25, 0.3) is 11.0 Å². The summed E-state index contributed by atoms with van der Waals surface area (Å²) in [5.41, 5.74) is -0.202. The Kier molecular flexibility index (Phi) is 3.03. The highest BCUT2D eigenvalue weighted by Crippen LogP contribution is 2.25. The first kappa shape index (κ1) is 12.8. The predicted octanol–water partition coefficient (Wildman–Crippen LogP) is 4.60. The Morgan fingerprint density at radius 1 is 1.05 bits per heavy atom. The van der Waals surface area contributed by atoms with Gasteiger partial charge >= 0.3 is 0 Å². The Morgan fingerprint density at radius 3 is 2.45 bits per heavy atom. The van der Waals surface area contributed by atoms with Gasteiger partial charge < -0.3 is 4.42 Å². The first-order chi connectivity index (χ1) is 9.56. The maximum absolute atomic E-state index is 13.6. The summed E-state index contributed by atoms with van der Waals surface area (Å²) in [5, 5.41) is 1.08. The number of benzene rings is 2. The van der Waals surface area contributed by atoms with Crippen LogP contribution in [0.2, 0.25) is 5.02 Å². The van der Waals surface area contributed by atoms with Gasteiger partial charge in [-0.05, 0) is 36.4 Å². The Labute approximate surface area is 117 Å². The number of halogens is 3. The van der Waals surface area contributed by atoms with Crippen LogP contribution >= 0.6 is 11.6 Å². The van der Waals surface area contributed by atoms with Crippen molar-refractivity contribution in [1.29, 1.82) is 0 Å². The maximum Gasteiger partial charge on any atom is 0.234 e. The van der Waals surface area contributed by atoms with Crippen LogP contribution in [0, 0.1) is 11.6 Å². The Bertz CT molecular complexity index is 804. The third-order valence-corrected chi connectivity index (χ3v) is 3.13. The molecular weight excluding hydrogens is 286 g/mol. The van der Waals surface area contributed by atoms with E-state index in [1.54, 1.807) is 18.2 Å². The molecule has 0 aliphatic carbocycles. The highest BCUT2D eigenvalue weighted by molar-refractivity contribution is 6.31. The van der Waals surface area contributed by atoms with E-state index in [1.807, 2.05) is 0 Å². The van der Waals surface area contributed by atoms with Gasteiger partial charge in [-0.25, -0.2) is 8.78 Å². The van der Waals surface area contributed by atoms with E-state index in [1.165, 1.54) is 12.1 Å². The molecule has 0 spiro atoms. The van der Waals surface area contributed by atoms with Crippen molar-refractivity contribution in [3.8, 4) is 0 Å². The van der Waals surface area contributed by atoms with Crippen LogP contribution in [0.15, 0.2) is 46.9 Å². The quantitative estimate of drug-likeness (QED) is 0.646. The molecule has 2 aromatic carbocycles. The zero-order valence-electron chi connectivity index (χ0n) is 9.99. The Hall–Kier alpha value is -2.20. The van der Waals surface area contributed by atoms with Crippen molar-refractivity contribution < 1.29 is 18.0 Å². The normalized spacial score (nSPS) is 10.9. The molecule has 20 heavy (non-hydrogen) atoms. The molecule has 3 rings (SSSR count). The molecule has 1 heterocycles. The molecule has 3 aromatic rings. The monoisotopic (exact) mass is 292 g/mol. The second-order valence-electron chi connectivity index (χ2n) is 4.22. The highest BCUT2D eigenvalue weighted by Gasteiger charge is 2.22. The van der Waals surface area contributed by atoms with Crippen molar-refractivity contribution >= 4 is 28.4 Å². The molecular formula is C15H7ClF2O2. The van der Waals surface area contributed by atoms with Crippen molar-refractivity contribution in [3.05, 3.63) is 70.4 Å². The van der Waals surface area contributed by atoms with Crippen molar-refractivity contribution in [2.45, 2.75) is 0 Å². The summed E-state index contributed by atoms with van der Waals surface area (Å²) in [6.07, 6.45) is 0. The fraction of sp³-hybridized carbons (Fsp3) is 0. The molecule has 0 aliphatic rings. The molecule has 0 bridgehead atoms. The van der Waals surface area contributed by atoms with Gasteiger partial charge in [0.05, 0.1) is 5.56 Å². The SMILES string of the molecule is O=C(c1cc2cc(Cl)ccc2o1)c1c(F)cccc1F. The number of fused-ring (bicyclic) bond motifs is 1. The number of carbonyl (C=O) groups excluding carboxylic acids is 1. The average molecular weight is 293 g/mol. The molecule has 1 aromatic heterocycles. The van der Waals surface area contributed by atoms with E-state index in [0.717, 1.165) is 12.1 Å². The van der Waals surface area contributed by atoms with Crippen LogP contribution in [-0.4, -0.2) is 5.78 Å². The number of hydrogen-bond donors (Lipinski definition) is 0. The van der Waals surface area contributed by atoms with Crippen LogP contribution in [0.4, 0.5) is 8.78 Å². The number of furan rings is 1. The fourth-order valence-electron chi connectivity index (χ4n) is 1.96. The summed E-state index contributed by atoms with van der Waals surface area (Å²) in [6, 6.07) is 9.45. The molecule has 0 unspecified atom stereocenters. The van der Waals surface area contributed by atoms with Gasteiger partial charge in [0.2, 0.25) is 5.78 Å². The third kappa shape index (κ3) is 2.08. The van der Waals surface area contributed by atoms with Gasteiger partial charge in [0.1, 0.15) is 17.2 Å². The lowest BCUT2D eigenvalue weighted by Crippen LogP contribution is -2.06. The average Bonchev–Trinajstić information content (AvgIpc) is 2.81. The highest BCUT2D eigenvalue weighted by atomic mass is 35.5. The predicted molar refractivity (Wildman–Crippen MR) is 71.0 cm³/mol. The van der Waals surface area contributed by atoms with E-state index in [0.29, 0.717) is 16.0 Å². The second-order valence-corrected chi connectivity index (χ2v) is 4.66. The summed E-state index contributed by atoms with van der Waals surface area (Å²) >= 11 is 5.83. The number of carbonyl (C=O) groups is 1. The molecule has 0 N–H and O–H groups in total. The summed E-state index contributed by atoms with van der Waals surface area (Å²) in [7, 11) is 0. The molecule has 2 nitrogen and oxygen atoms in total. The van der Waals surface area contributed by atoms with Crippen molar-refractivity contribution in [3.63, 3.8) is 0 Å². The molecule has 0 atom stereocenters. The van der Waals surface area contributed by atoms with Crippen LogP contribution in [0.3, 0.4) is 0 Å². The van der Waals surface area contributed by atoms with Crippen molar-refractivity contribution in [2.24, 2.45) is 0 Å². The molecule has 0 aliphatic heterocycles. The minimum absolute atomic E-state index is 0.133. The molecule has 5 heteroatoms. The first-order valence-corrected chi connectivity index (χ1v) is 6.12. The van der Waals surface area contributed by atoms with Crippen LogP contribution in [0.1, 0.15) is 16.1 Å². The van der Waals surface area contributed by atoms with Gasteiger partial charge in [-0.3, -0.25) is 4.79 Å². The Balaban J connectivity index is 2.13. The molecule has 0 saturated heterocycles. The topological polar surface area (TPSA) is 30.2 Å². The molecule has 0 fully saturated rings. The summed E-state index contributed by atoms with van der Waals surface area (Å²) in [6.45, 7) is 0. The number of rotatable bonds is 2. The molecule has 100 valence electrons.